The van der Waals surface area contributed by atoms with E-state index in [-0.39, 0.29) is 42.1 Å². The number of hydrogen-bond donors (Lipinski definition) is 0. The Kier molecular flexibility index (Phi) is 14.8. The van der Waals surface area contributed by atoms with E-state index < -0.39 is 5.97 Å². The van der Waals surface area contributed by atoms with Gasteiger partial charge in [0.05, 0.1) is 6.67 Å². The zero-order chi connectivity index (χ0) is 10.8. The Morgan fingerprint density at radius 3 is 2.27 bits per heavy atom. The van der Waals surface area contributed by atoms with Crippen LogP contribution in [0.15, 0.2) is 0 Å². The van der Waals surface area contributed by atoms with E-state index in [4.69, 9.17) is 0 Å². The Balaban J connectivity index is 0. The standard InChI is InChI=1S/C11H21FO2.Na/c1-2-7-10(11(13)14)8-5-3-4-6-9-12;/h10H,2-9H2,1H3,(H,13,14);/q;+1/p-1. The molecule has 1 unspecified atom stereocenters. The van der Waals surface area contributed by atoms with Crippen LogP contribution < -0.4 is 34.7 Å². The second kappa shape index (κ2) is 12.5. The Labute approximate surface area is 114 Å². The summed E-state index contributed by atoms with van der Waals surface area (Å²) in [7, 11) is 0. The SMILES string of the molecule is CCCC(CCCCCCF)C(=O)[O-].[Na+]. The molecule has 84 valence electrons. The maximum absolute atomic E-state index is 11.7. The monoisotopic (exact) mass is 226 g/mol. The first-order valence-electron chi connectivity index (χ1n) is 5.49. The van der Waals surface area contributed by atoms with Gasteiger partial charge in [-0.3, -0.25) is 4.39 Å². The summed E-state index contributed by atoms with van der Waals surface area (Å²) in [6, 6.07) is 0. The fourth-order valence-electron chi connectivity index (χ4n) is 1.57. The molecule has 0 aromatic heterocycles. The Morgan fingerprint density at radius 2 is 1.80 bits per heavy atom. The topological polar surface area (TPSA) is 40.1 Å². The number of carboxylic acids is 1. The summed E-state index contributed by atoms with van der Waals surface area (Å²) in [5.41, 5.74) is 0. The van der Waals surface area contributed by atoms with Crippen LogP contribution in [-0.2, 0) is 4.79 Å². The van der Waals surface area contributed by atoms with Gasteiger partial charge in [-0.05, 0) is 25.2 Å². The van der Waals surface area contributed by atoms with Crippen LogP contribution in [0, 0.1) is 5.92 Å². The van der Waals surface area contributed by atoms with Crippen molar-refractivity contribution in [3.8, 4) is 0 Å². The predicted octanol–water partition coefficient (Wildman–Crippen LogP) is -0.923. The Hall–Kier alpha value is 0.400. The molecule has 4 heteroatoms. The van der Waals surface area contributed by atoms with Crippen molar-refractivity contribution in [2.24, 2.45) is 5.92 Å². The van der Waals surface area contributed by atoms with E-state index >= 15 is 0 Å². The molecule has 0 aliphatic carbocycles. The van der Waals surface area contributed by atoms with E-state index in [1.54, 1.807) is 0 Å². The van der Waals surface area contributed by atoms with Crippen LogP contribution in [0.3, 0.4) is 0 Å². The number of carbonyl (C=O) groups is 1. The average molecular weight is 226 g/mol. The molecule has 0 aromatic carbocycles. The van der Waals surface area contributed by atoms with Crippen LogP contribution in [0.4, 0.5) is 4.39 Å². The Bertz CT molecular complexity index is 154. The van der Waals surface area contributed by atoms with Crippen LogP contribution in [-0.4, -0.2) is 12.6 Å². The van der Waals surface area contributed by atoms with Crippen molar-refractivity contribution < 1.29 is 43.8 Å². The van der Waals surface area contributed by atoms with Crippen molar-refractivity contribution in [3.05, 3.63) is 0 Å². The van der Waals surface area contributed by atoms with E-state index in [9.17, 15) is 14.3 Å². The van der Waals surface area contributed by atoms with Crippen molar-refractivity contribution in [2.75, 3.05) is 6.67 Å². The summed E-state index contributed by atoms with van der Waals surface area (Å²) in [5, 5.41) is 10.6. The van der Waals surface area contributed by atoms with Crippen LogP contribution in [0.1, 0.15) is 51.9 Å². The fraction of sp³-hybridized carbons (Fsp3) is 0.909. The number of alkyl halides is 1. The molecule has 0 aromatic rings. The average Bonchev–Trinajstić information content (AvgIpc) is 2.15. The van der Waals surface area contributed by atoms with Crippen LogP contribution in [0.2, 0.25) is 0 Å². The van der Waals surface area contributed by atoms with Gasteiger partial charge < -0.3 is 9.90 Å². The third-order valence-corrected chi connectivity index (χ3v) is 2.41. The van der Waals surface area contributed by atoms with Gasteiger partial charge in [0.1, 0.15) is 0 Å². The number of hydrogen-bond acceptors (Lipinski definition) is 2. The third kappa shape index (κ3) is 10.7. The number of carbonyl (C=O) groups excluding carboxylic acids is 1. The van der Waals surface area contributed by atoms with Crippen molar-refractivity contribution >= 4 is 5.97 Å². The smallest absolute Gasteiger partial charge is 0.550 e. The van der Waals surface area contributed by atoms with E-state index in [2.05, 4.69) is 0 Å². The van der Waals surface area contributed by atoms with E-state index in [1.807, 2.05) is 6.92 Å². The van der Waals surface area contributed by atoms with Crippen LogP contribution >= 0.6 is 0 Å². The molecule has 0 aliphatic heterocycles. The summed E-state index contributed by atoms with van der Waals surface area (Å²) in [6.45, 7) is 1.71. The molecule has 0 radical (unpaired) electrons. The van der Waals surface area contributed by atoms with Gasteiger partial charge in [0.15, 0.2) is 0 Å². The molecule has 1 atom stereocenters. The van der Waals surface area contributed by atoms with Crippen molar-refractivity contribution in [1.82, 2.24) is 0 Å². The molecule has 0 N–H and O–H groups in total. The largest absolute Gasteiger partial charge is 1.00 e. The number of unbranched alkanes of at least 4 members (excludes halogenated alkanes) is 3. The molecule has 0 rings (SSSR count). The fourth-order valence-corrected chi connectivity index (χ4v) is 1.57. The second-order valence-corrected chi connectivity index (χ2v) is 3.70. The molecule has 0 amide bonds. The maximum atomic E-state index is 11.7. The molecule has 0 saturated heterocycles. The molecular weight excluding hydrogens is 206 g/mol. The molecule has 0 heterocycles. The first-order valence-corrected chi connectivity index (χ1v) is 5.49. The number of halogens is 1. The maximum Gasteiger partial charge on any atom is 1.00 e. The molecule has 0 fully saturated rings. The van der Waals surface area contributed by atoms with E-state index in [0.717, 1.165) is 25.7 Å². The molecule has 0 spiro atoms. The van der Waals surface area contributed by atoms with Crippen molar-refractivity contribution in [1.29, 1.82) is 0 Å². The summed E-state index contributed by atoms with van der Waals surface area (Å²) < 4.78 is 11.7. The van der Waals surface area contributed by atoms with Gasteiger partial charge >= 0.3 is 29.6 Å². The van der Waals surface area contributed by atoms with Crippen molar-refractivity contribution in [2.45, 2.75) is 51.9 Å². The van der Waals surface area contributed by atoms with Gasteiger partial charge in [-0.1, -0.05) is 32.6 Å². The first kappa shape index (κ1) is 17.8. The van der Waals surface area contributed by atoms with E-state index in [0.29, 0.717) is 19.3 Å². The van der Waals surface area contributed by atoms with Crippen LogP contribution in [0.25, 0.3) is 0 Å². The van der Waals surface area contributed by atoms with Crippen molar-refractivity contribution in [3.63, 3.8) is 0 Å². The minimum absolute atomic E-state index is 0. The van der Waals surface area contributed by atoms with Gasteiger partial charge in [-0.15, -0.1) is 0 Å². The van der Waals surface area contributed by atoms with Gasteiger partial charge in [-0.2, -0.15) is 0 Å². The molecule has 0 bridgehead atoms. The molecular formula is C11H20FNaO2. The summed E-state index contributed by atoms with van der Waals surface area (Å²) >= 11 is 0. The van der Waals surface area contributed by atoms with Gasteiger partial charge in [0, 0.05) is 5.97 Å². The molecule has 15 heavy (non-hydrogen) atoms. The zero-order valence-corrected chi connectivity index (χ0v) is 11.9. The van der Waals surface area contributed by atoms with E-state index in [1.165, 1.54) is 0 Å². The summed E-state index contributed by atoms with van der Waals surface area (Å²) in [4.78, 5) is 10.6. The second-order valence-electron chi connectivity index (χ2n) is 3.70. The molecule has 2 nitrogen and oxygen atoms in total. The van der Waals surface area contributed by atoms with Gasteiger partial charge in [0.25, 0.3) is 0 Å². The van der Waals surface area contributed by atoms with Crippen LogP contribution in [0.5, 0.6) is 0 Å². The van der Waals surface area contributed by atoms with Gasteiger partial charge in [-0.25, -0.2) is 0 Å². The quantitative estimate of drug-likeness (QED) is 0.377. The number of rotatable bonds is 9. The summed E-state index contributed by atoms with van der Waals surface area (Å²) in [6.07, 6.45) is 5.53. The predicted molar refractivity (Wildman–Crippen MR) is 52.5 cm³/mol. The minimum atomic E-state index is -0.933. The third-order valence-electron chi connectivity index (χ3n) is 2.41. The minimum Gasteiger partial charge on any atom is -0.550 e. The number of carboxylic acid groups (broad SMARTS) is 1. The molecule has 0 saturated carbocycles. The zero-order valence-electron chi connectivity index (χ0n) is 9.93. The first-order chi connectivity index (χ1) is 6.72. The normalized spacial score (nSPS) is 11.9. The number of aliphatic carboxylic acids is 1. The molecule has 0 aliphatic rings. The summed E-state index contributed by atoms with van der Waals surface area (Å²) in [5.74, 6) is -1.23. The Morgan fingerprint density at radius 1 is 1.20 bits per heavy atom. The van der Waals surface area contributed by atoms with Gasteiger partial charge in [0.2, 0.25) is 0 Å².